The summed E-state index contributed by atoms with van der Waals surface area (Å²) in [5, 5.41) is 2.85. The van der Waals surface area contributed by atoms with Crippen molar-refractivity contribution in [3.63, 3.8) is 0 Å². The number of esters is 1. The number of rotatable bonds is 7. The summed E-state index contributed by atoms with van der Waals surface area (Å²) in [4.78, 5) is 50.5. The van der Waals surface area contributed by atoms with Crippen molar-refractivity contribution in [2.24, 2.45) is 0 Å². The highest BCUT2D eigenvalue weighted by molar-refractivity contribution is 6.22. The fourth-order valence-electron chi connectivity index (χ4n) is 3.43. The van der Waals surface area contributed by atoms with Crippen molar-refractivity contribution in [3.8, 4) is 0 Å². The number of ether oxygens (including phenoxy) is 1. The zero-order chi connectivity index (χ0) is 21.8. The van der Waals surface area contributed by atoms with Gasteiger partial charge < -0.3 is 10.1 Å². The number of carbonyl (C=O) groups is 4. The molecule has 0 bridgehead atoms. The molecule has 7 nitrogen and oxygen atoms in total. The topological polar surface area (TPSA) is 92.8 Å². The average Bonchev–Trinajstić information content (AvgIpc) is 2.98. The Morgan fingerprint density at radius 2 is 1.47 bits per heavy atom. The molecule has 156 valence electrons. The second-order valence-electron chi connectivity index (χ2n) is 7.02. The summed E-state index contributed by atoms with van der Waals surface area (Å²) in [6, 6.07) is 12.2. The molecule has 0 spiro atoms. The first kappa shape index (κ1) is 21.2. The molecule has 1 heterocycles. The minimum Gasteiger partial charge on any atom is -0.451 e. The van der Waals surface area contributed by atoms with Crippen LogP contribution in [-0.2, 0) is 27.2 Å². The molecule has 0 aliphatic carbocycles. The summed E-state index contributed by atoms with van der Waals surface area (Å²) < 4.78 is 5.19. The number of carbonyl (C=O) groups excluding carboxylic acids is 4. The quantitative estimate of drug-likeness (QED) is 0.562. The Labute approximate surface area is 175 Å². The van der Waals surface area contributed by atoms with E-state index in [4.69, 9.17) is 4.74 Å². The van der Waals surface area contributed by atoms with E-state index in [2.05, 4.69) is 5.32 Å². The fourth-order valence-corrected chi connectivity index (χ4v) is 3.43. The van der Waals surface area contributed by atoms with E-state index in [-0.39, 0.29) is 11.1 Å². The molecular weight excluding hydrogens is 384 g/mol. The van der Waals surface area contributed by atoms with Gasteiger partial charge >= 0.3 is 5.97 Å². The van der Waals surface area contributed by atoms with Crippen molar-refractivity contribution in [1.29, 1.82) is 0 Å². The maximum absolute atomic E-state index is 12.6. The fraction of sp³-hybridized carbons (Fsp3) is 0.304. The van der Waals surface area contributed by atoms with Crippen molar-refractivity contribution in [2.75, 3.05) is 11.9 Å². The third-order valence-electron chi connectivity index (χ3n) is 5.09. The SMILES string of the molecule is CCc1cccc(CC)c1NC(=O)[C@H](C)OC(=O)CN1C(=O)c2ccccc2C1=O. The van der Waals surface area contributed by atoms with Crippen LogP contribution in [0.4, 0.5) is 5.69 Å². The van der Waals surface area contributed by atoms with Gasteiger partial charge in [-0.3, -0.25) is 24.1 Å². The molecule has 0 saturated heterocycles. The van der Waals surface area contributed by atoms with Gasteiger partial charge in [0.05, 0.1) is 11.1 Å². The molecule has 2 aromatic rings. The molecular formula is C23H24N2O5. The van der Waals surface area contributed by atoms with Gasteiger partial charge in [-0.05, 0) is 43.0 Å². The van der Waals surface area contributed by atoms with E-state index >= 15 is 0 Å². The Bertz CT molecular complexity index is 957. The Morgan fingerprint density at radius 3 is 1.97 bits per heavy atom. The monoisotopic (exact) mass is 408 g/mol. The summed E-state index contributed by atoms with van der Waals surface area (Å²) >= 11 is 0. The highest BCUT2D eigenvalue weighted by atomic mass is 16.5. The number of imide groups is 1. The maximum atomic E-state index is 12.6. The normalized spacial score (nSPS) is 13.8. The van der Waals surface area contributed by atoms with Gasteiger partial charge in [-0.15, -0.1) is 0 Å². The number of hydrogen-bond donors (Lipinski definition) is 1. The van der Waals surface area contributed by atoms with Crippen molar-refractivity contribution in [2.45, 2.75) is 39.7 Å². The van der Waals surface area contributed by atoms with Crippen LogP contribution in [0.25, 0.3) is 0 Å². The number of hydrogen-bond acceptors (Lipinski definition) is 5. The minimum absolute atomic E-state index is 0.254. The van der Waals surface area contributed by atoms with Gasteiger partial charge in [0.15, 0.2) is 6.10 Å². The largest absolute Gasteiger partial charge is 0.451 e. The smallest absolute Gasteiger partial charge is 0.326 e. The molecule has 1 aliphatic heterocycles. The van der Waals surface area contributed by atoms with Crippen molar-refractivity contribution >= 4 is 29.4 Å². The zero-order valence-corrected chi connectivity index (χ0v) is 17.2. The number of benzene rings is 2. The summed E-state index contributed by atoms with van der Waals surface area (Å²) in [5.74, 6) is -2.39. The third kappa shape index (κ3) is 4.10. The molecule has 0 aromatic heterocycles. The first-order valence-corrected chi connectivity index (χ1v) is 9.93. The molecule has 1 atom stereocenters. The van der Waals surface area contributed by atoms with Gasteiger partial charge in [0.2, 0.25) is 0 Å². The van der Waals surface area contributed by atoms with E-state index in [0.717, 1.165) is 34.6 Å². The Morgan fingerprint density at radius 1 is 0.933 bits per heavy atom. The first-order chi connectivity index (χ1) is 14.4. The molecule has 0 radical (unpaired) electrons. The van der Waals surface area contributed by atoms with Crippen molar-refractivity contribution < 1.29 is 23.9 Å². The lowest BCUT2D eigenvalue weighted by molar-refractivity contribution is -0.153. The van der Waals surface area contributed by atoms with E-state index in [0.29, 0.717) is 0 Å². The summed E-state index contributed by atoms with van der Waals surface area (Å²) in [6.45, 7) is 4.90. The van der Waals surface area contributed by atoms with E-state index in [1.54, 1.807) is 12.1 Å². The van der Waals surface area contributed by atoms with Crippen molar-refractivity contribution in [1.82, 2.24) is 4.90 Å². The molecule has 0 unspecified atom stereocenters. The molecule has 3 amide bonds. The minimum atomic E-state index is -1.08. The van der Waals surface area contributed by atoms with Gasteiger partial charge in [-0.25, -0.2) is 0 Å². The van der Waals surface area contributed by atoms with Crippen LogP contribution in [0.3, 0.4) is 0 Å². The van der Waals surface area contributed by atoms with E-state index in [9.17, 15) is 19.2 Å². The van der Waals surface area contributed by atoms with Gasteiger partial charge in [-0.1, -0.05) is 44.2 Å². The lowest BCUT2D eigenvalue weighted by Crippen LogP contribution is -2.38. The van der Waals surface area contributed by atoms with Crippen LogP contribution in [0.5, 0.6) is 0 Å². The van der Waals surface area contributed by atoms with Crippen LogP contribution in [-0.4, -0.2) is 41.2 Å². The number of nitrogens with zero attached hydrogens (tertiary/aromatic N) is 1. The standard InChI is InChI=1S/C23H24N2O5/c1-4-15-9-8-10-16(5-2)20(15)24-21(27)14(3)30-19(26)13-25-22(28)17-11-6-7-12-18(17)23(25)29/h6-12,14H,4-5,13H2,1-3H3,(H,24,27)/t14-/m0/s1. The van der Waals surface area contributed by atoms with Gasteiger partial charge in [0.25, 0.3) is 17.7 Å². The molecule has 2 aromatic carbocycles. The number of nitrogens with one attached hydrogen (secondary N) is 1. The second-order valence-corrected chi connectivity index (χ2v) is 7.02. The van der Waals surface area contributed by atoms with Crippen LogP contribution in [0.1, 0.15) is 52.6 Å². The number of para-hydroxylation sites is 1. The summed E-state index contributed by atoms with van der Waals surface area (Å²) in [6.07, 6.45) is 0.414. The lowest BCUT2D eigenvalue weighted by Gasteiger charge is -2.19. The number of aryl methyl sites for hydroxylation is 2. The van der Waals surface area contributed by atoms with Gasteiger partial charge in [0, 0.05) is 5.69 Å². The van der Waals surface area contributed by atoms with Gasteiger partial charge in [0.1, 0.15) is 6.54 Å². The Hall–Kier alpha value is -3.48. The number of fused-ring (bicyclic) bond motifs is 1. The van der Waals surface area contributed by atoms with Crippen LogP contribution in [0.15, 0.2) is 42.5 Å². The molecule has 0 fully saturated rings. The van der Waals surface area contributed by atoms with Crippen LogP contribution in [0, 0.1) is 0 Å². The maximum Gasteiger partial charge on any atom is 0.326 e. The number of anilines is 1. The average molecular weight is 408 g/mol. The molecule has 0 saturated carbocycles. The lowest BCUT2D eigenvalue weighted by atomic mass is 10.0. The third-order valence-corrected chi connectivity index (χ3v) is 5.09. The van der Waals surface area contributed by atoms with E-state index < -0.39 is 36.3 Å². The van der Waals surface area contributed by atoms with Crippen LogP contribution >= 0.6 is 0 Å². The Balaban J connectivity index is 1.64. The number of amides is 3. The highest BCUT2D eigenvalue weighted by Gasteiger charge is 2.37. The predicted octanol–water partition coefficient (Wildman–Crippen LogP) is 2.98. The van der Waals surface area contributed by atoms with Crippen molar-refractivity contribution in [3.05, 3.63) is 64.7 Å². The van der Waals surface area contributed by atoms with Crippen LogP contribution in [0.2, 0.25) is 0 Å². The van der Waals surface area contributed by atoms with E-state index in [1.807, 2.05) is 32.0 Å². The Kier molecular flexibility index (Phi) is 6.30. The molecule has 3 rings (SSSR count). The zero-order valence-electron chi connectivity index (χ0n) is 17.2. The first-order valence-electron chi connectivity index (χ1n) is 9.93. The predicted molar refractivity (Wildman–Crippen MR) is 111 cm³/mol. The summed E-state index contributed by atoms with van der Waals surface area (Å²) in [5.41, 5.74) is 3.23. The summed E-state index contributed by atoms with van der Waals surface area (Å²) in [7, 11) is 0. The van der Waals surface area contributed by atoms with E-state index in [1.165, 1.54) is 19.1 Å². The molecule has 1 aliphatic rings. The molecule has 30 heavy (non-hydrogen) atoms. The van der Waals surface area contributed by atoms with Gasteiger partial charge in [-0.2, -0.15) is 0 Å². The highest BCUT2D eigenvalue weighted by Crippen LogP contribution is 2.24. The molecule has 7 heteroatoms. The van der Waals surface area contributed by atoms with Crippen LogP contribution < -0.4 is 5.32 Å². The molecule has 1 N–H and O–H groups in total. The second kappa shape index (κ2) is 8.90.